The molecule has 3 heterocycles. The maximum absolute atomic E-state index is 13.0. The summed E-state index contributed by atoms with van der Waals surface area (Å²) in [6, 6.07) is 13.2. The van der Waals surface area contributed by atoms with Crippen molar-refractivity contribution in [1.82, 2.24) is 15.2 Å². The SMILES string of the molecule is CCCCC(CC)Cc1c(-c2ccnc(-c3cc(C(F)(F)F)n[nH]3)c2)sc2ccccc12. The predicted molar refractivity (Wildman–Crippen MR) is 125 cm³/mol. The van der Waals surface area contributed by atoms with Crippen LogP contribution in [0.3, 0.4) is 0 Å². The van der Waals surface area contributed by atoms with Gasteiger partial charge in [-0.25, -0.2) is 0 Å². The molecule has 32 heavy (non-hydrogen) atoms. The normalized spacial score (nSPS) is 13.0. The molecule has 1 N–H and O–H groups in total. The van der Waals surface area contributed by atoms with Crippen molar-refractivity contribution in [2.75, 3.05) is 0 Å². The number of aromatic nitrogens is 3. The second-order valence-corrected chi connectivity index (χ2v) is 9.17. The highest BCUT2D eigenvalue weighted by Gasteiger charge is 2.34. The van der Waals surface area contributed by atoms with Gasteiger partial charge in [-0.2, -0.15) is 18.3 Å². The Morgan fingerprint density at radius 2 is 1.91 bits per heavy atom. The average molecular weight is 458 g/mol. The first kappa shape index (κ1) is 22.5. The second kappa shape index (κ2) is 9.45. The molecule has 0 aliphatic rings. The number of H-pyrrole nitrogens is 1. The van der Waals surface area contributed by atoms with E-state index in [1.165, 1.54) is 39.8 Å². The van der Waals surface area contributed by atoms with Crippen LogP contribution in [0.2, 0.25) is 0 Å². The van der Waals surface area contributed by atoms with Crippen LogP contribution in [0.25, 0.3) is 31.9 Å². The molecule has 0 amide bonds. The van der Waals surface area contributed by atoms with Crippen LogP contribution in [0.15, 0.2) is 48.7 Å². The number of unbranched alkanes of at least 4 members (excludes halogenated alkanes) is 1. The standard InChI is InChI=1S/C25H26F3N3S/c1-3-5-8-16(4-2)13-19-18-9-6-7-10-22(18)32-24(19)17-11-12-29-20(14-17)21-15-23(31-30-21)25(26,27)28/h6-7,9-12,14-16H,3-5,8,13H2,1-2H3,(H,30,31). The lowest BCUT2D eigenvalue weighted by Crippen LogP contribution is -2.04. The monoisotopic (exact) mass is 457 g/mol. The van der Waals surface area contributed by atoms with Crippen molar-refractivity contribution in [2.24, 2.45) is 5.92 Å². The van der Waals surface area contributed by atoms with Gasteiger partial charge >= 0.3 is 6.18 Å². The highest BCUT2D eigenvalue weighted by molar-refractivity contribution is 7.22. The first-order valence-corrected chi connectivity index (χ1v) is 11.8. The van der Waals surface area contributed by atoms with E-state index in [0.717, 1.165) is 24.5 Å². The van der Waals surface area contributed by atoms with E-state index >= 15 is 0 Å². The second-order valence-electron chi connectivity index (χ2n) is 8.12. The fraction of sp³-hybridized carbons (Fsp3) is 0.360. The van der Waals surface area contributed by atoms with E-state index in [0.29, 0.717) is 11.6 Å². The molecular formula is C25H26F3N3S. The molecule has 168 valence electrons. The number of rotatable bonds is 8. The third-order valence-electron chi connectivity index (χ3n) is 5.90. The van der Waals surface area contributed by atoms with Crippen LogP contribution in [0.1, 0.15) is 50.8 Å². The van der Waals surface area contributed by atoms with Crippen molar-refractivity contribution >= 4 is 21.4 Å². The topological polar surface area (TPSA) is 41.6 Å². The molecule has 3 nitrogen and oxygen atoms in total. The summed E-state index contributed by atoms with van der Waals surface area (Å²) < 4.78 is 40.1. The van der Waals surface area contributed by atoms with Crippen molar-refractivity contribution < 1.29 is 13.2 Å². The Hall–Kier alpha value is -2.67. The highest BCUT2D eigenvalue weighted by Crippen LogP contribution is 2.41. The first-order valence-electron chi connectivity index (χ1n) is 11.0. The molecule has 0 saturated carbocycles. The van der Waals surface area contributed by atoms with Gasteiger partial charge in [0, 0.05) is 15.8 Å². The van der Waals surface area contributed by atoms with Crippen molar-refractivity contribution in [3.63, 3.8) is 0 Å². The molecule has 0 spiro atoms. The van der Waals surface area contributed by atoms with Crippen LogP contribution in [0.5, 0.6) is 0 Å². The largest absolute Gasteiger partial charge is 0.435 e. The van der Waals surface area contributed by atoms with Crippen LogP contribution < -0.4 is 0 Å². The molecule has 0 saturated heterocycles. The van der Waals surface area contributed by atoms with E-state index < -0.39 is 11.9 Å². The Morgan fingerprint density at radius 1 is 1.09 bits per heavy atom. The van der Waals surface area contributed by atoms with Gasteiger partial charge in [0.15, 0.2) is 5.69 Å². The van der Waals surface area contributed by atoms with Gasteiger partial charge in [-0.1, -0.05) is 57.7 Å². The van der Waals surface area contributed by atoms with Gasteiger partial charge in [-0.15, -0.1) is 11.3 Å². The molecule has 0 aliphatic carbocycles. The Labute approximate surface area is 189 Å². The summed E-state index contributed by atoms with van der Waals surface area (Å²) in [6.45, 7) is 4.46. The molecule has 1 unspecified atom stereocenters. The van der Waals surface area contributed by atoms with Gasteiger partial charge in [0.05, 0.1) is 11.4 Å². The zero-order valence-corrected chi connectivity index (χ0v) is 19.0. The lowest BCUT2D eigenvalue weighted by Gasteiger charge is -2.16. The van der Waals surface area contributed by atoms with E-state index in [1.807, 2.05) is 18.2 Å². The average Bonchev–Trinajstić information content (AvgIpc) is 3.42. The first-order chi connectivity index (χ1) is 15.4. The van der Waals surface area contributed by atoms with E-state index in [9.17, 15) is 13.2 Å². The number of benzene rings is 1. The minimum Gasteiger partial charge on any atom is -0.276 e. The molecule has 3 aromatic heterocycles. The summed E-state index contributed by atoms with van der Waals surface area (Å²) in [5, 5.41) is 7.16. The maximum Gasteiger partial charge on any atom is 0.435 e. The Bertz CT molecular complexity index is 1190. The van der Waals surface area contributed by atoms with Crippen LogP contribution >= 0.6 is 11.3 Å². The predicted octanol–water partition coefficient (Wildman–Crippen LogP) is 8.13. The molecule has 0 bridgehead atoms. The summed E-state index contributed by atoms with van der Waals surface area (Å²) in [5.74, 6) is 0.606. The van der Waals surface area contributed by atoms with E-state index in [2.05, 4.69) is 47.2 Å². The van der Waals surface area contributed by atoms with Crippen LogP contribution in [0.4, 0.5) is 13.2 Å². The number of pyridine rings is 1. The number of hydrogen-bond donors (Lipinski definition) is 1. The summed E-state index contributed by atoms with van der Waals surface area (Å²) in [5.41, 5.74) is 2.07. The molecule has 0 radical (unpaired) electrons. The third kappa shape index (κ3) is 4.72. The lowest BCUT2D eigenvalue weighted by molar-refractivity contribution is -0.141. The maximum atomic E-state index is 13.0. The van der Waals surface area contributed by atoms with E-state index in [4.69, 9.17) is 0 Å². The molecular weight excluding hydrogens is 431 g/mol. The molecule has 4 aromatic rings. The quantitative estimate of drug-likeness (QED) is 0.290. The summed E-state index contributed by atoms with van der Waals surface area (Å²) in [7, 11) is 0. The van der Waals surface area contributed by atoms with Crippen molar-refractivity contribution in [1.29, 1.82) is 0 Å². The lowest BCUT2D eigenvalue weighted by atomic mass is 9.90. The number of nitrogens with zero attached hydrogens (tertiary/aromatic N) is 2. The minimum atomic E-state index is -4.49. The number of hydrogen-bond acceptors (Lipinski definition) is 3. The fourth-order valence-corrected chi connectivity index (χ4v) is 5.31. The van der Waals surface area contributed by atoms with Gasteiger partial charge in [-0.3, -0.25) is 10.1 Å². The van der Waals surface area contributed by atoms with E-state index in [-0.39, 0.29) is 5.69 Å². The Morgan fingerprint density at radius 3 is 2.62 bits per heavy atom. The summed E-state index contributed by atoms with van der Waals surface area (Å²) >= 11 is 1.73. The van der Waals surface area contributed by atoms with Crippen molar-refractivity contribution in [2.45, 2.75) is 52.1 Å². The fourth-order valence-electron chi connectivity index (χ4n) is 4.08. The van der Waals surface area contributed by atoms with Crippen molar-refractivity contribution in [3.8, 4) is 21.8 Å². The molecule has 7 heteroatoms. The van der Waals surface area contributed by atoms with Crippen molar-refractivity contribution in [3.05, 3.63) is 59.9 Å². The molecule has 4 rings (SSSR count). The van der Waals surface area contributed by atoms with Crippen LogP contribution in [-0.2, 0) is 12.6 Å². The van der Waals surface area contributed by atoms with Crippen LogP contribution in [-0.4, -0.2) is 15.2 Å². The molecule has 1 atom stereocenters. The number of alkyl halides is 3. The van der Waals surface area contributed by atoms with Crippen LogP contribution in [0, 0.1) is 5.92 Å². The molecule has 0 fully saturated rings. The Kier molecular flexibility index (Phi) is 6.65. The third-order valence-corrected chi connectivity index (χ3v) is 7.16. The van der Waals surface area contributed by atoms with Gasteiger partial charge in [-0.05, 0) is 53.1 Å². The zero-order chi connectivity index (χ0) is 22.7. The number of fused-ring (bicyclic) bond motifs is 1. The zero-order valence-electron chi connectivity index (χ0n) is 18.2. The number of aromatic amines is 1. The number of thiophene rings is 1. The van der Waals surface area contributed by atoms with Gasteiger partial charge < -0.3 is 0 Å². The summed E-state index contributed by atoms with van der Waals surface area (Å²) in [6.07, 6.45) is 2.89. The van der Waals surface area contributed by atoms with Gasteiger partial charge in [0.25, 0.3) is 0 Å². The smallest absolute Gasteiger partial charge is 0.276 e. The number of halogens is 3. The van der Waals surface area contributed by atoms with Gasteiger partial charge in [0.2, 0.25) is 0 Å². The summed E-state index contributed by atoms with van der Waals surface area (Å²) in [4.78, 5) is 5.46. The van der Waals surface area contributed by atoms with Gasteiger partial charge in [0.1, 0.15) is 0 Å². The number of nitrogens with one attached hydrogen (secondary N) is 1. The minimum absolute atomic E-state index is 0.260. The molecule has 0 aliphatic heterocycles. The Balaban J connectivity index is 1.75. The molecule has 1 aromatic carbocycles. The highest BCUT2D eigenvalue weighted by atomic mass is 32.1. The van der Waals surface area contributed by atoms with E-state index in [1.54, 1.807) is 17.5 Å².